The van der Waals surface area contributed by atoms with E-state index in [1.165, 1.54) is 0 Å². The first-order chi connectivity index (χ1) is 17.0. The Kier molecular flexibility index (Phi) is 6.72. The van der Waals surface area contributed by atoms with Crippen LogP contribution in [0.1, 0.15) is 49.1 Å². The fraction of sp³-hybridized carbons (Fsp3) is 0.444. The maximum atomic E-state index is 13.0. The van der Waals surface area contributed by atoms with Gasteiger partial charge in [-0.1, -0.05) is 61.4 Å². The number of hydrogen-bond donors (Lipinski definition) is 3. The van der Waals surface area contributed by atoms with Crippen LogP contribution in [0.15, 0.2) is 48.5 Å². The lowest BCUT2D eigenvalue weighted by Gasteiger charge is -2.32. The largest absolute Gasteiger partial charge is 0.479 e. The third-order valence-corrected chi connectivity index (χ3v) is 7.41. The lowest BCUT2D eigenvalue weighted by Crippen LogP contribution is -2.52. The Balaban J connectivity index is 1.21. The van der Waals surface area contributed by atoms with E-state index in [4.69, 9.17) is 9.47 Å². The first kappa shape index (κ1) is 23.4. The zero-order chi connectivity index (χ0) is 24.4. The van der Waals surface area contributed by atoms with Gasteiger partial charge in [0.25, 0.3) is 0 Å². The molecule has 2 aliphatic carbocycles. The van der Waals surface area contributed by atoms with Gasteiger partial charge in [0.1, 0.15) is 6.61 Å². The highest BCUT2D eigenvalue weighted by Crippen LogP contribution is 2.44. The molecule has 184 valence electrons. The fourth-order valence-corrected chi connectivity index (χ4v) is 5.68. The van der Waals surface area contributed by atoms with Crippen LogP contribution >= 0.6 is 0 Å². The minimum Gasteiger partial charge on any atom is -0.479 e. The minimum absolute atomic E-state index is 0.0334. The molecule has 5 rings (SSSR count). The molecule has 0 radical (unpaired) electrons. The molecule has 0 spiro atoms. The second-order valence-electron chi connectivity index (χ2n) is 9.50. The number of carbonyl (C=O) groups excluding carboxylic acids is 2. The Morgan fingerprint density at radius 2 is 1.54 bits per heavy atom. The summed E-state index contributed by atoms with van der Waals surface area (Å²) in [6, 6.07) is 15.4. The second kappa shape index (κ2) is 10.1. The maximum Gasteiger partial charge on any atom is 0.407 e. The number of hydrogen-bond acceptors (Lipinski definition) is 5. The number of benzene rings is 2. The van der Waals surface area contributed by atoms with Gasteiger partial charge < -0.3 is 25.2 Å². The summed E-state index contributed by atoms with van der Waals surface area (Å²) in [4.78, 5) is 37.2. The van der Waals surface area contributed by atoms with Gasteiger partial charge in [0.05, 0.1) is 12.0 Å². The number of alkyl carbamates (subject to hydrolysis) is 1. The maximum absolute atomic E-state index is 13.0. The standard InChI is InChI=1S/C27H30N2O6/c30-25(28-23-13-14-34-24(23)26(31)32)20-11-5-6-12-22(20)29-27(33)35-15-21-18-9-3-1-7-16(18)17-8-2-4-10-19(17)21/h1-4,7-10,20-24H,5-6,11-15H2,(H,28,30)(H,29,33)(H,31,32)/t20?,22?,23-,24+/m0/s1. The summed E-state index contributed by atoms with van der Waals surface area (Å²) in [5.41, 5.74) is 4.61. The predicted octanol–water partition coefficient (Wildman–Crippen LogP) is 3.44. The molecule has 1 aliphatic heterocycles. The van der Waals surface area contributed by atoms with Gasteiger partial charge in [-0.2, -0.15) is 0 Å². The molecule has 2 aromatic carbocycles. The summed E-state index contributed by atoms with van der Waals surface area (Å²) in [6.07, 6.45) is 1.98. The van der Waals surface area contributed by atoms with Crippen LogP contribution in [0, 0.1) is 5.92 Å². The number of fused-ring (bicyclic) bond motifs is 3. The van der Waals surface area contributed by atoms with Gasteiger partial charge in [0.15, 0.2) is 6.10 Å². The quantitative estimate of drug-likeness (QED) is 0.586. The number of carbonyl (C=O) groups is 3. The number of amides is 2. The van der Waals surface area contributed by atoms with Crippen LogP contribution in [0.25, 0.3) is 11.1 Å². The zero-order valence-corrected chi connectivity index (χ0v) is 19.4. The number of carboxylic acid groups (broad SMARTS) is 1. The topological polar surface area (TPSA) is 114 Å². The molecule has 2 aromatic rings. The monoisotopic (exact) mass is 478 g/mol. The van der Waals surface area contributed by atoms with Gasteiger partial charge in [0, 0.05) is 18.6 Å². The van der Waals surface area contributed by atoms with Crippen LogP contribution in [0.2, 0.25) is 0 Å². The number of rotatable bonds is 6. The SMILES string of the molecule is O=C(NC1CCCCC1C(=O)N[C@H]1CCO[C@H]1C(=O)O)OCC1c2ccccc2-c2ccccc21. The van der Waals surface area contributed by atoms with Crippen LogP contribution in [-0.4, -0.2) is 54.5 Å². The van der Waals surface area contributed by atoms with E-state index in [1.807, 2.05) is 24.3 Å². The Morgan fingerprint density at radius 3 is 2.23 bits per heavy atom. The van der Waals surface area contributed by atoms with E-state index >= 15 is 0 Å². The summed E-state index contributed by atoms with van der Waals surface area (Å²) >= 11 is 0. The molecule has 3 N–H and O–H groups in total. The Morgan fingerprint density at radius 1 is 0.886 bits per heavy atom. The lowest BCUT2D eigenvalue weighted by molar-refractivity contribution is -0.148. The molecule has 2 fully saturated rings. The summed E-state index contributed by atoms with van der Waals surface area (Å²) in [6.45, 7) is 0.511. The van der Waals surface area contributed by atoms with Crippen molar-refractivity contribution in [3.05, 3.63) is 59.7 Å². The molecular formula is C27H30N2O6. The van der Waals surface area contributed by atoms with E-state index in [0.29, 0.717) is 25.9 Å². The molecule has 35 heavy (non-hydrogen) atoms. The van der Waals surface area contributed by atoms with Gasteiger partial charge in [-0.15, -0.1) is 0 Å². The van der Waals surface area contributed by atoms with Gasteiger partial charge >= 0.3 is 12.1 Å². The third-order valence-electron chi connectivity index (χ3n) is 7.41. The second-order valence-corrected chi connectivity index (χ2v) is 9.50. The van der Waals surface area contributed by atoms with E-state index in [-0.39, 0.29) is 24.5 Å². The Labute approximate surface area is 204 Å². The first-order valence-electron chi connectivity index (χ1n) is 12.3. The van der Waals surface area contributed by atoms with Crippen molar-refractivity contribution in [2.75, 3.05) is 13.2 Å². The Bertz CT molecular complexity index is 1070. The Hall–Kier alpha value is -3.39. The lowest BCUT2D eigenvalue weighted by atomic mass is 9.83. The molecule has 1 saturated carbocycles. The van der Waals surface area contributed by atoms with Crippen molar-refractivity contribution in [1.82, 2.24) is 10.6 Å². The predicted molar refractivity (Wildman–Crippen MR) is 128 cm³/mol. The van der Waals surface area contributed by atoms with Crippen molar-refractivity contribution in [2.24, 2.45) is 5.92 Å². The van der Waals surface area contributed by atoms with E-state index in [9.17, 15) is 19.5 Å². The average Bonchev–Trinajstić information content (AvgIpc) is 3.46. The van der Waals surface area contributed by atoms with Crippen LogP contribution < -0.4 is 10.6 Å². The first-order valence-corrected chi connectivity index (χ1v) is 12.3. The molecule has 2 unspecified atom stereocenters. The summed E-state index contributed by atoms with van der Waals surface area (Å²) in [5.74, 6) is -1.78. The van der Waals surface area contributed by atoms with Gasteiger partial charge in [-0.25, -0.2) is 9.59 Å². The van der Waals surface area contributed by atoms with Crippen molar-refractivity contribution < 1.29 is 29.0 Å². The molecule has 3 aliphatic rings. The van der Waals surface area contributed by atoms with Crippen LogP contribution in [0.5, 0.6) is 0 Å². The summed E-state index contributed by atoms with van der Waals surface area (Å²) in [5, 5.41) is 15.1. The van der Waals surface area contributed by atoms with Crippen LogP contribution in [0.4, 0.5) is 4.79 Å². The molecule has 4 atom stereocenters. The van der Waals surface area contributed by atoms with Crippen LogP contribution in [0.3, 0.4) is 0 Å². The van der Waals surface area contributed by atoms with Crippen molar-refractivity contribution in [3.8, 4) is 11.1 Å². The fourth-order valence-electron chi connectivity index (χ4n) is 5.68. The number of nitrogens with one attached hydrogen (secondary N) is 2. The van der Waals surface area contributed by atoms with Crippen molar-refractivity contribution in [2.45, 2.75) is 56.2 Å². The van der Waals surface area contributed by atoms with E-state index in [1.54, 1.807) is 0 Å². The van der Waals surface area contributed by atoms with E-state index in [2.05, 4.69) is 34.9 Å². The smallest absolute Gasteiger partial charge is 0.407 e. The molecule has 0 bridgehead atoms. The highest BCUT2D eigenvalue weighted by molar-refractivity contribution is 5.83. The number of aliphatic carboxylic acids is 1. The molecular weight excluding hydrogens is 448 g/mol. The number of carboxylic acids is 1. The normalized spacial score (nSPS) is 25.4. The average molecular weight is 479 g/mol. The highest BCUT2D eigenvalue weighted by Gasteiger charge is 2.39. The van der Waals surface area contributed by atoms with E-state index in [0.717, 1.165) is 35.1 Å². The molecule has 1 saturated heterocycles. The summed E-state index contributed by atoms with van der Waals surface area (Å²) in [7, 11) is 0. The zero-order valence-electron chi connectivity index (χ0n) is 19.4. The molecule has 8 heteroatoms. The highest BCUT2D eigenvalue weighted by atomic mass is 16.5. The van der Waals surface area contributed by atoms with Crippen molar-refractivity contribution in [3.63, 3.8) is 0 Å². The van der Waals surface area contributed by atoms with Gasteiger partial charge in [-0.3, -0.25) is 4.79 Å². The van der Waals surface area contributed by atoms with Gasteiger partial charge in [0.2, 0.25) is 5.91 Å². The van der Waals surface area contributed by atoms with Crippen molar-refractivity contribution in [1.29, 1.82) is 0 Å². The van der Waals surface area contributed by atoms with Crippen LogP contribution in [-0.2, 0) is 19.1 Å². The minimum atomic E-state index is -1.08. The molecule has 8 nitrogen and oxygen atoms in total. The van der Waals surface area contributed by atoms with Gasteiger partial charge in [-0.05, 0) is 41.5 Å². The number of ether oxygens (including phenoxy) is 2. The molecule has 2 amide bonds. The molecule has 1 heterocycles. The third kappa shape index (κ3) is 4.75. The van der Waals surface area contributed by atoms with E-state index < -0.39 is 30.1 Å². The molecule has 0 aromatic heterocycles. The van der Waals surface area contributed by atoms with Crippen molar-refractivity contribution >= 4 is 18.0 Å². The summed E-state index contributed by atoms with van der Waals surface area (Å²) < 4.78 is 10.9.